The van der Waals surface area contributed by atoms with Crippen LogP contribution in [0.1, 0.15) is 24.5 Å². The van der Waals surface area contributed by atoms with E-state index in [1.165, 1.54) is 5.56 Å². The average molecular weight is 421 g/mol. The number of hydrogen-bond acceptors (Lipinski definition) is 3. The Balaban J connectivity index is 1.44. The quantitative estimate of drug-likeness (QED) is 0.610. The Hall–Kier alpha value is -1.75. The summed E-state index contributed by atoms with van der Waals surface area (Å²) in [4.78, 5) is 16.4. The van der Waals surface area contributed by atoms with E-state index < -0.39 is 0 Å². The summed E-state index contributed by atoms with van der Waals surface area (Å²) in [6.07, 6.45) is 0.998. The van der Waals surface area contributed by atoms with Gasteiger partial charge >= 0.3 is 0 Å². The minimum Gasteiger partial charge on any atom is -0.489 e. The zero-order valence-corrected chi connectivity index (χ0v) is 17.8. The highest BCUT2D eigenvalue weighted by Gasteiger charge is 2.33. The summed E-state index contributed by atoms with van der Waals surface area (Å²) in [6.45, 7) is 5.89. The van der Waals surface area contributed by atoms with Gasteiger partial charge in [-0.3, -0.25) is 9.69 Å². The number of ether oxygens (including phenoxy) is 1. The van der Waals surface area contributed by atoms with Gasteiger partial charge in [0, 0.05) is 33.2 Å². The topological polar surface area (TPSA) is 32.8 Å². The predicted molar refractivity (Wildman–Crippen MR) is 114 cm³/mol. The van der Waals surface area contributed by atoms with Crippen molar-refractivity contribution in [3.05, 3.63) is 63.6 Å². The van der Waals surface area contributed by atoms with Crippen molar-refractivity contribution in [1.29, 1.82) is 0 Å². The van der Waals surface area contributed by atoms with E-state index in [0.29, 0.717) is 16.7 Å². The summed E-state index contributed by atoms with van der Waals surface area (Å²) < 4.78 is 5.82. The van der Waals surface area contributed by atoms with Gasteiger partial charge in [0.25, 0.3) is 0 Å². The molecule has 1 heterocycles. The molecule has 0 aromatic heterocycles. The molecule has 0 aliphatic carbocycles. The maximum Gasteiger partial charge on any atom is 0.228 e. The van der Waals surface area contributed by atoms with Crippen LogP contribution >= 0.6 is 23.2 Å². The molecule has 0 spiro atoms. The van der Waals surface area contributed by atoms with Crippen molar-refractivity contribution < 1.29 is 9.53 Å². The molecule has 4 nitrogen and oxygen atoms in total. The third-order valence-electron chi connectivity index (χ3n) is 4.96. The van der Waals surface area contributed by atoms with Crippen LogP contribution in [0.25, 0.3) is 0 Å². The van der Waals surface area contributed by atoms with Gasteiger partial charge in [-0.25, -0.2) is 0 Å². The summed E-state index contributed by atoms with van der Waals surface area (Å²) in [6, 6.07) is 13.6. The molecule has 1 saturated heterocycles. The fraction of sp³-hybridized carbons (Fsp3) is 0.409. The molecular formula is C22H26Cl2N2O2. The van der Waals surface area contributed by atoms with Gasteiger partial charge in [-0.05, 0) is 41.8 Å². The zero-order valence-electron chi connectivity index (χ0n) is 16.3. The number of rotatable bonds is 8. The molecule has 150 valence electrons. The minimum absolute atomic E-state index is 0.144. The summed E-state index contributed by atoms with van der Waals surface area (Å²) in [5.74, 6) is 1.22. The maximum atomic E-state index is 12.3. The molecule has 1 aliphatic heterocycles. The van der Waals surface area contributed by atoms with Crippen molar-refractivity contribution in [3.8, 4) is 5.75 Å². The molecule has 28 heavy (non-hydrogen) atoms. The van der Waals surface area contributed by atoms with Gasteiger partial charge in [-0.2, -0.15) is 0 Å². The molecule has 0 atom stereocenters. The van der Waals surface area contributed by atoms with E-state index in [0.717, 1.165) is 43.9 Å². The molecule has 0 unspecified atom stereocenters. The normalized spacial score (nSPS) is 14.6. The van der Waals surface area contributed by atoms with E-state index in [9.17, 15) is 4.79 Å². The SMILES string of the molecule is CCCN(C)C(=O)C1CN(Cc2ccc(OCc3ccc(Cl)c(Cl)c3)cc2)C1. The molecule has 0 radical (unpaired) electrons. The fourth-order valence-electron chi connectivity index (χ4n) is 3.36. The lowest BCUT2D eigenvalue weighted by Gasteiger charge is -2.40. The van der Waals surface area contributed by atoms with E-state index in [-0.39, 0.29) is 11.8 Å². The highest BCUT2D eigenvalue weighted by molar-refractivity contribution is 6.42. The van der Waals surface area contributed by atoms with Gasteiger partial charge in [0.1, 0.15) is 12.4 Å². The first-order chi connectivity index (χ1) is 13.5. The van der Waals surface area contributed by atoms with Crippen LogP contribution in [0.2, 0.25) is 10.0 Å². The average Bonchev–Trinajstić information content (AvgIpc) is 2.66. The van der Waals surface area contributed by atoms with Gasteiger partial charge in [-0.1, -0.05) is 48.3 Å². The lowest BCUT2D eigenvalue weighted by atomic mass is 9.97. The number of likely N-dealkylation sites (tertiary alicyclic amines) is 1. The Labute approximate surface area is 177 Å². The monoisotopic (exact) mass is 420 g/mol. The van der Waals surface area contributed by atoms with Crippen LogP contribution in [-0.4, -0.2) is 42.4 Å². The first kappa shape index (κ1) is 21.0. The third kappa shape index (κ3) is 5.40. The van der Waals surface area contributed by atoms with Crippen LogP contribution in [0.3, 0.4) is 0 Å². The highest BCUT2D eigenvalue weighted by atomic mass is 35.5. The van der Waals surface area contributed by atoms with Crippen molar-refractivity contribution in [3.63, 3.8) is 0 Å². The number of benzene rings is 2. The predicted octanol–water partition coefficient (Wildman–Crippen LogP) is 4.87. The number of hydrogen-bond donors (Lipinski definition) is 0. The summed E-state index contributed by atoms with van der Waals surface area (Å²) in [5.41, 5.74) is 2.19. The Morgan fingerprint density at radius 2 is 1.79 bits per heavy atom. The molecule has 1 aliphatic rings. The van der Waals surface area contributed by atoms with Crippen LogP contribution in [-0.2, 0) is 17.9 Å². The van der Waals surface area contributed by atoms with Crippen molar-refractivity contribution in [2.24, 2.45) is 5.92 Å². The minimum atomic E-state index is 0.144. The molecule has 3 rings (SSSR count). The molecule has 1 amide bonds. The molecular weight excluding hydrogens is 395 g/mol. The number of carbonyl (C=O) groups is 1. The Kier molecular flexibility index (Phi) is 7.22. The second kappa shape index (κ2) is 9.64. The molecule has 0 bridgehead atoms. The Bertz CT molecular complexity index is 805. The summed E-state index contributed by atoms with van der Waals surface area (Å²) in [7, 11) is 1.89. The summed E-state index contributed by atoms with van der Waals surface area (Å²) >= 11 is 12.0. The number of nitrogens with zero attached hydrogens (tertiary/aromatic N) is 2. The molecule has 6 heteroatoms. The van der Waals surface area contributed by atoms with Crippen molar-refractivity contribution in [2.75, 3.05) is 26.7 Å². The van der Waals surface area contributed by atoms with E-state index in [1.807, 2.05) is 36.2 Å². The van der Waals surface area contributed by atoms with E-state index in [4.69, 9.17) is 27.9 Å². The molecule has 2 aromatic rings. The number of amides is 1. The lowest BCUT2D eigenvalue weighted by Crippen LogP contribution is -2.53. The van der Waals surface area contributed by atoms with Gasteiger partial charge in [0.05, 0.1) is 16.0 Å². The van der Waals surface area contributed by atoms with Crippen molar-refractivity contribution >= 4 is 29.1 Å². The largest absolute Gasteiger partial charge is 0.489 e. The standard InChI is InChI=1S/C22H26Cl2N2O2/c1-3-10-25(2)22(27)18-13-26(14-18)12-16-4-7-19(8-5-16)28-15-17-6-9-20(23)21(24)11-17/h4-9,11,18H,3,10,12-15H2,1-2H3. The number of carbonyl (C=O) groups excluding carboxylic acids is 1. The Morgan fingerprint density at radius 3 is 2.43 bits per heavy atom. The second-order valence-corrected chi connectivity index (χ2v) is 8.15. The van der Waals surface area contributed by atoms with E-state index in [2.05, 4.69) is 24.0 Å². The Morgan fingerprint density at radius 1 is 1.11 bits per heavy atom. The van der Waals surface area contributed by atoms with Crippen LogP contribution < -0.4 is 4.74 Å². The zero-order chi connectivity index (χ0) is 20.1. The first-order valence-electron chi connectivity index (χ1n) is 9.59. The van der Waals surface area contributed by atoms with Gasteiger partial charge in [-0.15, -0.1) is 0 Å². The van der Waals surface area contributed by atoms with Crippen LogP contribution in [0.4, 0.5) is 0 Å². The van der Waals surface area contributed by atoms with Crippen LogP contribution in [0.5, 0.6) is 5.75 Å². The van der Waals surface area contributed by atoms with E-state index >= 15 is 0 Å². The fourth-order valence-corrected chi connectivity index (χ4v) is 3.68. The van der Waals surface area contributed by atoms with Gasteiger partial charge in [0.2, 0.25) is 5.91 Å². The van der Waals surface area contributed by atoms with Crippen LogP contribution in [0, 0.1) is 5.92 Å². The first-order valence-corrected chi connectivity index (χ1v) is 10.3. The molecule has 0 saturated carbocycles. The van der Waals surface area contributed by atoms with Gasteiger partial charge < -0.3 is 9.64 Å². The van der Waals surface area contributed by atoms with Crippen molar-refractivity contribution in [2.45, 2.75) is 26.5 Å². The molecule has 0 N–H and O–H groups in total. The maximum absolute atomic E-state index is 12.3. The summed E-state index contributed by atoms with van der Waals surface area (Å²) in [5, 5.41) is 1.08. The molecule has 2 aromatic carbocycles. The van der Waals surface area contributed by atoms with Gasteiger partial charge in [0.15, 0.2) is 0 Å². The second-order valence-electron chi connectivity index (χ2n) is 7.33. The molecule has 1 fully saturated rings. The number of halogens is 2. The van der Waals surface area contributed by atoms with Crippen molar-refractivity contribution in [1.82, 2.24) is 9.80 Å². The smallest absolute Gasteiger partial charge is 0.228 e. The van der Waals surface area contributed by atoms with Crippen LogP contribution in [0.15, 0.2) is 42.5 Å². The highest BCUT2D eigenvalue weighted by Crippen LogP contribution is 2.24. The lowest BCUT2D eigenvalue weighted by molar-refractivity contribution is -0.140. The third-order valence-corrected chi connectivity index (χ3v) is 5.70. The van der Waals surface area contributed by atoms with E-state index in [1.54, 1.807) is 6.07 Å².